The Bertz CT molecular complexity index is 143. The first kappa shape index (κ1) is 8.49. The average Bonchev–Trinajstić information content (AvgIpc) is 2.39. The van der Waals surface area contributed by atoms with Gasteiger partial charge in [0.2, 0.25) is 5.91 Å². The summed E-state index contributed by atoms with van der Waals surface area (Å²) >= 11 is 0. The number of primary amides is 1. The topological polar surface area (TPSA) is 67.2 Å². The van der Waals surface area contributed by atoms with Crippen LogP contribution in [0.3, 0.4) is 0 Å². The summed E-state index contributed by atoms with van der Waals surface area (Å²) in [5.41, 5.74) is 5.09. The van der Waals surface area contributed by atoms with Gasteiger partial charge >= 0.3 is 0 Å². The summed E-state index contributed by atoms with van der Waals surface area (Å²) in [5.74, 6) is -0.281. The lowest BCUT2D eigenvalue weighted by molar-refractivity contribution is -0.119. The fraction of sp³-hybridized carbons (Fsp3) is 0.857. The highest BCUT2D eigenvalue weighted by atomic mass is 16.1. The van der Waals surface area contributed by atoms with E-state index in [1.54, 1.807) is 6.92 Å². The third-order valence-corrected chi connectivity index (χ3v) is 1.97. The van der Waals surface area contributed by atoms with E-state index in [1.807, 2.05) is 0 Å². The lowest BCUT2D eigenvalue weighted by Crippen LogP contribution is -2.45. The third-order valence-electron chi connectivity index (χ3n) is 1.97. The van der Waals surface area contributed by atoms with Crippen LogP contribution in [0.2, 0.25) is 0 Å². The van der Waals surface area contributed by atoms with Gasteiger partial charge in [0.1, 0.15) is 0 Å². The molecule has 11 heavy (non-hydrogen) atoms. The smallest absolute Gasteiger partial charge is 0.234 e. The van der Waals surface area contributed by atoms with Crippen LogP contribution >= 0.6 is 0 Å². The van der Waals surface area contributed by atoms with E-state index >= 15 is 0 Å². The van der Waals surface area contributed by atoms with Gasteiger partial charge in [0, 0.05) is 12.6 Å². The molecule has 1 rings (SSSR count). The van der Waals surface area contributed by atoms with E-state index in [0.29, 0.717) is 6.04 Å². The van der Waals surface area contributed by atoms with Crippen molar-refractivity contribution in [1.29, 1.82) is 0 Å². The molecule has 0 aromatic heterocycles. The molecule has 2 unspecified atom stereocenters. The van der Waals surface area contributed by atoms with Crippen LogP contribution in [-0.4, -0.2) is 31.1 Å². The zero-order valence-corrected chi connectivity index (χ0v) is 6.76. The van der Waals surface area contributed by atoms with E-state index in [4.69, 9.17) is 5.73 Å². The van der Waals surface area contributed by atoms with Crippen molar-refractivity contribution in [2.45, 2.75) is 25.4 Å². The number of rotatable bonds is 3. The molecular formula is C7H15N3O. The molecule has 0 aromatic rings. The maximum atomic E-state index is 10.6. The third kappa shape index (κ3) is 2.48. The number of hydrogen-bond donors (Lipinski definition) is 3. The quantitative estimate of drug-likeness (QED) is 0.482. The van der Waals surface area contributed by atoms with Crippen molar-refractivity contribution < 1.29 is 4.79 Å². The van der Waals surface area contributed by atoms with Gasteiger partial charge in [0.15, 0.2) is 0 Å². The van der Waals surface area contributed by atoms with E-state index in [1.165, 1.54) is 0 Å². The average molecular weight is 157 g/mol. The fourth-order valence-corrected chi connectivity index (χ4v) is 1.23. The molecule has 4 N–H and O–H groups in total. The second-order valence-corrected chi connectivity index (χ2v) is 2.98. The van der Waals surface area contributed by atoms with Gasteiger partial charge in [-0.3, -0.25) is 4.79 Å². The molecular weight excluding hydrogens is 142 g/mol. The van der Waals surface area contributed by atoms with Crippen molar-refractivity contribution in [1.82, 2.24) is 10.6 Å². The maximum absolute atomic E-state index is 10.6. The van der Waals surface area contributed by atoms with Crippen LogP contribution in [0.15, 0.2) is 0 Å². The summed E-state index contributed by atoms with van der Waals surface area (Å²) < 4.78 is 0. The van der Waals surface area contributed by atoms with Crippen molar-refractivity contribution in [3.05, 3.63) is 0 Å². The van der Waals surface area contributed by atoms with Crippen molar-refractivity contribution in [3.8, 4) is 0 Å². The first-order valence-electron chi connectivity index (χ1n) is 3.96. The van der Waals surface area contributed by atoms with Gasteiger partial charge in [-0.1, -0.05) is 0 Å². The molecule has 2 atom stereocenters. The lowest BCUT2D eigenvalue weighted by atomic mass is 10.2. The van der Waals surface area contributed by atoms with Crippen LogP contribution in [0.5, 0.6) is 0 Å². The molecule has 1 saturated heterocycles. The van der Waals surface area contributed by atoms with E-state index in [0.717, 1.165) is 19.5 Å². The summed E-state index contributed by atoms with van der Waals surface area (Å²) in [5, 5.41) is 6.34. The van der Waals surface area contributed by atoms with Gasteiger partial charge in [-0.05, 0) is 19.9 Å². The van der Waals surface area contributed by atoms with Crippen LogP contribution in [0, 0.1) is 0 Å². The predicted molar refractivity (Wildman–Crippen MR) is 43.1 cm³/mol. The lowest BCUT2D eigenvalue weighted by Gasteiger charge is -2.15. The van der Waals surface area contributed by atoms with E-state index in [9.17, 15) is 4.79 Å². The van der Waals surface area contributed by atoms with Crippen LogP contribution in [-0.2, 0) is 4.79 Å². The van der Waals surface area contributed by atoms with E-state index in [2.05, 4.69) is 10.6 Å². The number of carbonyl (C=O) groups is 1. The van der Waals surface area contributed by atoms with Crippen LogP contribution in [0.25, 0.3) is 0 Å². The summed E-state index contributed by atoms with van der Waals surface area (Å²) in [6.45, 7) is 3.77. The Hall–Kier alpha value is -0.610. The molecule has 4 heteroatoms. The van der Waals surface area contributed by atoms with Gasteiger partial charge in [-0.15, -0.1) is 0 Å². The highest BCUT2D eigenvalue weighted by molar-refractivity contribution is 5.79. The number of amides is 1. The Morgan fingerprint density at radius 3 is 3.00 bits per heavy atom. The second-order valence-electron chi connectivity index (χ2n) is 2.98. The molecule has 64 valence electrons. The van der Waals surface area contributed by atoms with Gasteiger partial charge < -0.3 is 16.4 Å². The normalized spacial score (nSPS) is 26.8. The zero-order valence-electron chi connectivity index (χ0n) is 6.76. The van der Waals surface area contributed by atoms with Gasteiger partial charge in [-0.25, -0.2) is 0 Å². The summed E-state index contributed by atoms with van der Waals surface area (Å²) in [7, 11) is 0. The molecule has 1 fully saturated rings. The van der Waals surface area contributed by atoms with Crippen LogP contribution < -0.4 is 16.4 Å². The number of carbonyl (C=O) groups excluding carboxylic acids is 1. The Balaban J connectivity index is 2.23. The number of hydrogen-bond acceptors (Lipinski definition) is 3. The largest absolute Gasteiger partial charge is 0.368 e. The Kier molecular flexibility index (Phi) is 2.84. The second kappa shape index (κ2) is 3.69. The molecule has 1 aliphatic rings. The highest BCUT2D eigenvalue weighted by Gasteiger charge is 2.18. The first-order chi connectivity index (χ1) is 5.20. The monoisotopic (exact) mass is 157 g/mol. The molecule has 0 aliphatic carbocycles. The fourth-order valence-electron chi connectivity index (χ4n) is 1.23. The molecule has 1 heterocycles. The van der Waals surface area contributed by atoms with Crippen molar-refractivity contribution in [2.24, 2.45) is 5.73 Å². The molecule has 0 radical (unpaired) electrons. The Morgan fingerprint density at radius 2 is 2.55 bits per heavy atom. The van der Waals surface area contributed by atoms with Gasteiger partial charge in [-0.2, -0.15) is 0 Å². The predicted octanol–water partition coefficient (Wildman–Crippen LogP) is -1.19. The minimum absolute atomic E-state index is 0.208. The van der Waals surface area contributed by atoms with Crippen LogP contribution in [0.4, 0.5) is 0 Å². The van der Waals surface area contributed by atoms with Gasteiger partial charge in [0.05, 0.1) is 6.04 Å². The molecule has 1 aliphatic heterocycles. The minimum atomic E-state index is -0.281. The molecule has 0 saturated carbocycles. The van der Waals surface area contributed by atoms with Crippen LogP contribution in [0.1, 0.15) is 13.3 Å². The maximum Gasteiger partial charge on any atom is 0.234 e. The molecule has 0 aromatic carbocycles. The Labute approximate surface area is 66.5 Å². The summed E-state index contributed by atoms with van der Waals surface area (Å²) in [6.07, 6.45) is 1.08. The molecule has 0 bridgehead atoms. The van der Waals surface area contributed by atoms with E-state index in [-0.39, 0.29) is 11.9 Å². The Morgan fingerprint density at radius 1 is 1.82 bits per heavy atom. The zero-order chi connectivity index (χ0) is 8.27. The standard InChI is InChI=1S/C7H15N3O/c1-5(7(8)11)10-6-2-3-9-4-6/h5-6,9-10H,2-4H2,1H3,(H2,8,11). The molecule has 0 spiro atoms. The number of nitrogens with one attached hydrogen (secondary N) is 2. The van der Waals surface area contributed by atoms with Gasteiger partial charge in [0.25, 0.3) is 0 Å². The number of nitrogens with two attached hydrogens (primary N) is 1. The molecule has 4 nitrogen and oxygen atoms in total. The van der Waals surface area contributed by atoms with Crippen molar-refractivity contribution in [2.75, 3.05) is 13.1 Å². The van der Waals surface area contributed by atoms with E-state index < -0.39 is 0 Å². The highest BCUT2D eigenvalue weighted by Crippen LogP contribution is 1.97. The SMILES string of the molecule is CC(NC1CCNC1)C(N)=O. The van der Waals surface area contributed by atoms with Crippen molar-refractivity contribution in [3.63, 3.8) is 0 Å². The minimum Gasteiger partial charge on any atom is -0.368 e. The summed E-state index contributed by atoms with van der Waals surface area (Å²) in [6, 6.07) is 0.206. The first-order valence-corrected chi connectivity index (χ1v) is 3.96. The molecule has 1 amide bonds. The van der Waals surface area contributed by atoms with Crippen molar-refractivity contribution >= 4 is 5.91 Å². The summed E-state index contributed by atoms with van der Waals surface area (Å²) in [4.78, 5) is 10.6.